The molecule has 1 amide bonds. The van der Waals surface area contributed by atoms with Gasteiger partial charge >= 0.3 is 0 Å². The summed E-state index contributed by atoms with van der Waals surface area (Å²) >= 11 is 0. The van der Waals surface area contributed by atoms with E-state index in [0.717, 1.165) is 6.42 Å². The first-order valence-corrected chi connectivity index (χ1v) is 5.95. The second-order valence-electron chi connectivity index (χ2n) is 4.41. The fourth-order valence-electron chi connectivity index (χ4n) is 1.76. The van der Waals surface area contributed by atoms with Crippen LogP contribution in [0.25, 0.3) is 0 Å². The summed E-state index contributed by atoms with van der Waals surface area (Å²) < 4.78 is 4.97. The molecule has 1 aromatic carbocycles. The van der Waals surface area contributed by atoms with E-state index in [-0.39, 0.29) is 11.9 Å². The van der Waals surface area contributed by atoms with E-state index in [1.807, 2.05) is 13.0 Å². The molecule has 17 heavy (non-hydrogen) atoms. The Morgan fingerprint density at radius 1 is 1.47 bits per heavy atom. The van der Waals surface area contributed by atoms with E-state index in [9.17, 15) is 4.79 Å². The molecule has 0 unspecified atom stereocenters. The van der Waals surface area contributed by atoms with Gasteiger partial charge in [-0.3, -0.25) is 4.79 Å². The third kappa shape index (κ3) is 5.50. The van der Waals surface area contributed by atoms with Crippen LogP contribution in [-0.4, -0.2) is 25.7 Å². The summed E-state index contributed by atoms with van der Waals surface area (Å²) in [6.45, 7) is 4.55. The Balaban J connectivity index is 2.33. The molecule has 0 saturated carbocycles. The maximum absolute atomic E-state index is 11.6. The van der Waals surface area contributed by atoms with Crippen LogP contribution in [0.1, 0.15) is 24.5 Å². The molecule has 0 saturated heterocycles. The lowest BCUT2D eigenvalue weighted by molar-refractivity contribution is -0.122. The Bertz CT molecular complexity index is 363. The molecular weight excluding hydrogens is 214 g/mol. The fourth-order valence-corrected chi connectivity index (χ4v) is 1.76. The quantitative estimate of drug-likeness (QED) is 0.820. The first kappa shape index (κ1) is 13.7. The van der Waals surface area contributed by atoms with E-state index in [4.69, 9.17) is 4.74 Å². The molecule has 0 fully saturated rings. The molecular formula is C14H21NO2. The van der Waals surface area contributed by atoms with Crippen LogP contribution in [0, 0.1) is 6.92 Å². The van der Waals surface area contributed by atoms with Crippen LogP contribution >= 0.6 is 0 Å². The van der Waals surface area contributed by atoms with Crippen molar-refractivity contribution in [2.45, 2.75) is 32.7 Å². The topological polar surface area (TPSA) is 38.3 Å². The molecule has 94 valence electrons. The number of nitrogens with one attached hydrogen (secondary N) is 1. The standard InChI is InChI=1S/C14H21NO2/c1-11-5-4-6-13(9-11)7-8-14(16)15-12(2)10-17-3/h4-6,9,12H,7-8,10H2,1-3H3,(H,15,16)/t12-/m1/s1. The number of rotatable bonds is 6. The van der Waals surface area contributed by atoms with Crippen LogP contribution < -0.4 is 5.32 Å². The van der Waals surface area contributed by atoms with Gasteiger partial charge < -0.3 is 10.1 Å². The number of hydrogen-bond acceptors (Lipinski definition) is 2. The molecule has 3 nitrogen and oxygen atoms in total. The lowest BCUT2D eigenvalue weighted by Gasteiger charge is -2.12. The summed E-state index contributed by atoms with van der Waals surface area (Å²) in [4.78, 5) is 11.6. The van der Waals surface area contributed by atoms with E-state index in [1.165, 1.54) is 11.1 Å². The molecule has 0 radical (unpaired) electrons. The lowest BCUT2D eigenvalue weighted by atomic mass is 10.1. The number of carbonyl (C=O) groups is 1. The number of hydrogen-bond donors (Lipinski definition) is 1. The predicted molar refractivity (Wildman–Crippen MR) is 69.0 cm³/mol. The zero-order valence-electron chi connectivity index (χ0n) is 10.8. The number of carbonyl (C=O) groups excluding carboxylic acids is 1. The van der Waals surface area contributed by atoms with Crippen molar-refractivity contribution in [3.63, 3.8) is 0 Å². The molecule has 0 heterocycles. The highest BCUT2D eigenvalue weighted by molar-refractivity contribution is 5.76. The first-order chi connectivity index (χ1) is 8.11. The highest BCUT2D eigenvalue weighted by Crippen LogP contribution is 2.06. The van der Waals surface area contributed by atoms with Crippen molar-refractivity contribution in [1.82, 2.24) is 5.32 Å². The number of ether oxygens (including phenoxy) is 1. The van der Waals surface area contributed by atoms with Crippen molar-refractivity contribution in [2.24, 2.45) is 0 Å². The molecule has 1 atom stereocenters. The van der Waals surface area contributed by atoms with Gasteiger partial charge in [-0.25, -0.2) is 0 Å². The summed E-state index contributed by atoms with van der Waals surface area (Å²) in [6, 6.07) is 8.33. The average Bonchev–Trinajstić information content (AvgIpc) is 2.27. The van der Waals surface area contributed by atoms with E-state index in [1.54, 1.807) is 7.11 Å². The van der Waals surface area contributed by atoms with Gasteiger partial charge in [0.2, 0.25) is 5.91 Å². The third-order valence-corrected chi connectivity index (χ3v) is 2.55. The SMILES string of the molecule is COC[C@@H](C)NC(=O)CCc1cccc(C)c1. The van der Waals surface area contributed by atoms with Gasteiger partial charge in [-0.2, -0.15) is 0 Å². The third-order valence-electron chi connectivity index (χ3n) is 2.55. The van der Waals surface area contributed by atoms with Crippen molar-refractivity contribution in [3.05, 3.63) is 35.4 Å². The number of amides is 1. The zero-order valence-corrected chi connectivity index (χ0v) is 10.8. The molecule has 1 N–H and O–H groups in total. The molecule has 1 aromatic rings. The number of methoxy groups -OCH3 is 1. The Morgan fingerprint density at radius 3 is 2.88 bits per heavy atom. The molecule has 1 rings (SSSR count). The van der Waals surface area contributed by atoms with Gasteiger partial charge in [0, 0.05) is 19.6 Å². The van der Waals surface area contributed by atoms with Crippen LogP contribution in [0.5, 0.6) is 0 Å². The molecule has 0 aliphatic carbocycles. The maximum atomic E-state index is 11.6. The lowest BCUT2D eigenvalue weighted by Crippen LogP contribution is -2.35. The highest BCUT2D eigenvalue weighted by Gasteiger charge is 2.06. The minimum atomic E-state index is 0.0741. The fraction of sp³-hybridized carbons (Fsp3) is 0.500. The van der Waals surface area contributed by atoms with Gasteiger partial charge in [0.25, 0.3) is 0 Å². The van der Waals surface area contributed by atoms with Gasteiger partial charge in [-0.15, -0.1) is 0 Å². The minimum Gasteiger partial charge on any atom is -0.383 e. The van der Waals surface area contributed by atoms with Gasteiger partial charge in [0.05, 0.1) is 6.61 Å². The van der Waals surface area contributed by atoms with Crippen LogP contribution in [-0.2, 0) is 16.0 Å². The molecule has 0 aromatic heterocycles. The summed E-state index contributed by atoms with van der Waals surface area (Å²) in [5, 5.41) is 2.90. The van der Waals surface area contributed by atoms with Gasteiger partial charge in [-0.05, 0) is 25.8 Å². The minimum absolute atomic E-state index is 0.0741. The summed E-state index contributed by atoms with van der Waals surface area (Å²) in [7, 11) is 1.63. The van der Waals surface area contributed by atoms with Gasteiger partial charge in [0.15, 0.2) is 0 Å². The largest absolute Gasteiger partial charge is 0.383 e. The second-order valence-corrected chi connectivity index (χ2v) is 4.41. The van der Waals surface area contributed by atoms with Crippen molar-refractivity contribution < 1.29 is 9.53 Å². The van der Waals surface area contributed by atoms with E-state index >= 15 is 0 Å². The smallest absolute Gasteiger partial charge is 0.220 e. The van der Waals surface area contributed by atoms with Crippen LogP contribution in [0.15, 0.2) is 24.3 Å². The van der Waals surface area contributed by atoms with Crippen LogP contribution in [0.3, 0.4) is 0 Å². The Labute approximate surface area is 103 Å². The van der Waals surface area contributed by atoms with Gasteiger partial charge in [-0.1, -0.05) is 29.8 Å². The van der Waals surface area contributed by atoms with Crippen molar-refractivity contribution in [1.29, 1.82) is 0 Å². The Kier molecular flexibility index (Phi) is 5.70. The maximum Gasteiger partial charge on any atom is 0.220 e. The van der Waals surface area contributed by atoms with Crippen LogP contribution in [0.2, 0.25) is 0 Å². The van der Waals surface area contributed by atoms with Crippen LogP contribution in [0.4, 0.5) is 0 Å². The predicted octanol–water partition coefficient (Wildman–Crippen LogP) is 2.08. The normalized spacial score (nSPS) is 12.2. The Hall–Kier alpha value is -1.35. The van der Waals surface area contributed by atoms with E-state index in [0.29, 0.717) is 13.0 Å². The van der Waals surface area contributed by atoms with E-state index in [2.05, 4.69) is 30.4 Å². The second kappa shape index (κ2) is 7.07. The molecule has 0 bridgehead atoms. The molecule has 0 aliphatic rings. The average molecular weight is 235 g/mol. The molecule has 3 heteroatoms. The van der Waals surface area contributed by atoms with Crippen molar-refractivity contribution >= 4 is 5.91 Å². The summed E-state index contributed by atoms with van der Waals surface area (Å²) in [5.74, 6) is 0.0797. The number of benzene rings is 1. The van der Waals surface area contributed by atoms with Gasteiger partial charge in [0.1, 0.15) is 0 Å². The van der Waals surface area contributed by atoms with Crippen molar-refractivity contribution in [2.75, 3.05) is 13.7 Å². The molecule has 0 spiro atoms. The van der Waals surface area contributed by atoms with E-state index < -0.39 is 0 Å². The molecule has 0 aliphatic heterocycles. The zero-order chi connectivity index (χ0) is 12.7. The first-order valence-electron chi connectivity index (χ1n) is 5.95. The number of aryl methyl sites for hydroxylation is 2. The highest BCUT2D eigenvalue weighted by atomic mass is 16.5. The summed E-state index contributed by atoms with van der Waals surface area (Å²) in [6.07, 6.45) is 1.31. The Morgan fingerprint density at radius 2 is 2.24 bits per heavy atom. The van der Waals surface area contributed by atoms with Crippen molar-refractivity contribution in [3.8, 4) is 0 Å². The monoisotopic (exact) mass is 235 g/mol. The summed E-state index contributed by atoms with van der Waals surface area (Å²) in [5.41, 5.74) is 2.44.